The molecule has 1 N–H and O–H groups in total. The molecule has 0 aliphatic carbocycles. The van der Waals surface area contributed by atoms with Crippen LogP contribution in [-0.2, 0) is 21.2 Å². The number of rotatable bonds is 4. The van der Waals surface area contributed by atoms with Gasteiger partial charge in [-0.05, 0) is 54.8 Å². The smallest absolute Gasteiger partial charge is 0.255 e. The second-order valence-corrected chi connectivity index (χ2v) is 9.84. The Labute approximate surface area is 181 Å². The Balaban J connectivity index is 1.60. The zero-order valence-corrected chi connectivity index (χ0v) is 18.3. The quantitative estimate of drug-likeness (QED) is 0.775. The van der Waals surface area contributed by atoms with E-state index in [4.69, 9.17) is 16.3 Å². The van der Waals surface area contributed by atoms with Crippen LogP contribution in [0.1, 0.15) is 22.3 Å². The van der Waals surface area contributed by atoms with Crippen LogP contribution >= 0.6 is 11.6 Å². The number of amides is 1. The zero-order chi connectivity index (χ0) is 21.3. The maximum atomic E-state index is 13.0. The topological polar surface area (TPSA) is 79.0 Å². The minimum atomic E-state index is -3.34. The first-order valence-corrected chi connectivity index (χ1v) is 12.1. The van der Waals surface area contributed by atoms with Gasteiger partial charge in [-0.15, -0.1) is 0 Å². The van der Waals surface area contributed by atoms with Gasteiger partial charge < -0.3 is 15.0 Å². The molecule has 7 nitrogen and oxygen atoms in total. The molecule has 2 aliphatic rings. The van der Waals surface area contributed by atoms with Crippen molar-refractivity contribution in [1.29, 1.82) is 0 Å². The van der Waals surface area contributed by atoms with Gasteiger partial charge in [0.25, 0.3) is 5.91 Å². The predicted molar refractivity (Wildman–Crippen MR) is 119 cm³/mol. The lowest BCUT2D eigenvalue weighted by atomic mass is 10.0. The summed E-state index contributed by atoms with van der Waals surface area (Å²) >= 11 is 6.18. The Kier molecular flexibility index (Phi) is 5.90. The summed E-state index contributed by atoms with van der Waals surface area (Å²) in [4.78, 5) is 15.2. The highest BCUT2D eigenvalue weighted by Gasteiger charge is 2.25. The van der Waals surface area contributed by atoms with E-state index < -0.39 is 10.0 Å². The third-order valence-corrected chi connectivity index (χ3v) is 6.79. The number of carbonyl (C=O) groups excluding carboxylic acids is 1. The van der Waals surface area contributed by atoms with Crippen molar-refractivity contribution < 1.29 is 17.9 Å². The number of nitrogens with zero attached hydrogens (tertiary/aromatic N) is 2. The Bertz CT molecular complexity index is 1070. The summed E-state index contributed by atoms with van der Waals surface area (Å²) in [5, 5.41) is 3.51. The lowest BCUT2D eigenvalue weighted by molar-refractivity contribution is 0.102. The first-order valence-electron chi connectivity index (χ1n) is 9.87. The molecule has 1 amide bonds. The van der Waals surface area contributed by atoms with Gasteiger partial charge in [0.1, 0.15) is 0 Å². The second-order valence-electron chi connectivity index (χ2n) is 7.50. The summed E-state index contributed by atoms with van der Waals surface area (Å²) in [5.41, 5.74) is 3.54. The minimum Gasteiger partial charge on any atom is -0.378 e. The van der Waals surface area contributed by atoms with Crippen molar-refractivity contribution in [2.45, 2.75) is 12.8 Å². The molecule has 0 radical (unpaired) electrons. The molecular weight excluding hydrogens is 426 g/mol. The number of halogens is 1. The number of benzene rings is 2. The molecule has 2 aromatic rings. The van der Waals surface area contributed by atoms with Gasteiger partial charge in [-0.1, -0.05) is 11.6 Å². The van der Waals surface area contributed by atoms with Crippen molar-refractivity contribution >= 4 is 44.6 Å². The molecule has 0 unspecified atom stereocenters. The van der Waals surface area contributed by atoms with Gasteiger partial charge >= 0.3 is 0 Å². The largest absolute Gasteiger partial charge is 0.378 e. The van der Waals surface area contributed by atoms with Crippen LogP contribution < -0.4 is 14.5 Å². The molecule has 160 valence electrons. The van der Waals surface area contributed by atoms with Gasteiger partial charge in [0.2, 0.25) is 10.0 Å². The van der Waals surface area contributed by atoms with E-state index in [1.807, 2.05) is 6.07 Å². The Morgan fingerprint density at radius 2 is 1.80 bits per heavy atom. The third-order valence-electron chi connectivity index (χ3n) is 5.38. The fraction of sp³-hybridized carbons (Fsp3) is 0.381. The van der Waals surface area contributed by atoms with Crippen molar-refractivity contribution in [2.75, 3.05) is 53.6 Å². The van der Waals surface area contributed by atoms with Crippen molar-refractivity contribution in [3.8, 4) is 0 Å². The molecule has 0 saturated carbocycles. The van der Waals surface area contributed by atoms with Gasteiger partial charge in [-0.3, -0.25) is 9.10 Å². The van der Waals surface area contributed by atoms with Crippen molar-refractivity contribution in [3.63, 3.8) is 0 Å². The number of anilines is 3. The predicted octanol–water partition coefficient (Wildman–Crippen LogP) is 3.14. The maximum Gasteiger partial charge on any atom is 0.255 e. The summed E-state index contributed by atoms with van der Waals surface area (Å²) in [6.45, 7) is 3.22. The van der Waals surface area contributed by atoms with E-state index in [-0.39, 0.29) is 5.91 Å². The van der Waals surface area contributed by atoms with Gasteiger partial charge in [-0.2, -0.15) is 0 Å². The minimum absolute atomic E-state index is 0.258. The maximum absolute atomic E-state index is 13.0. The molecule has 1 fully saturated rings. The van der Waals surface area contributed by atoms with E-state index >= 15 is 0 Å². The van der Waals surface area contributed by atoms with Crippen LogP contribution in [-0.4, -0.2) is 53.4 Å². The normalized spacial score (nSPS) is 16.9. The zero-order valence-electron chi connectivity index (χ0n) is 16.7. The average Bonchev–Trinajstić information content (AvgIpc) is 2.73. The van der Waals surface area contributed by atoms with E-state index in [0.717, 1.165) is 37.2 Å². The number of ether oxygens (including phenoxy) is 1. The molecule has 2 aromatic carbocycles. The monoisotopic (exact) mass is 449 g/mol. The number of carbonyl (C=O) groups is 1. The third kappa shape index (κ3) is 4.40. The highest BCUT2D eigenvalue weighted by atomic mass is 35.5. The lowest BCUT2D eigenvalue weighted by Gasteiger charge is -2.31. The van der Waals surface area contributed by atoms with Crippen LogP contribution in [0.25, 0.3) is 0 Å². The lowest BCUT2D eigenvalue weighted by Crippen LogP contribution is -2.36. The molecule has 2 aliphatic heterocycles. The Morgan fingerprint density at radius 1 is 1.07 bits per heavy atom. The summed E-state index contributed by atoms with van der Waals surface area (Å²) in [5.74, 6) is -0.258. The first-order chi connectivity index (χ1) is 14.3. The van der Waals surface area contributed by atoms with Crippen LogP contribution in [0.15, 0.2) is 36.4 Å². The summed E-state index contributed by atoms with van der Waals surface area (Å²) < 4.78 is 30.9. The molecule has 0 spiro atoms. The standard InChI is InChI=1S/C21H24ClN3O4S/c1-30(27,28)25-8-2-3-15-13-16(4-6-19(15)25)21(26)23-18-14-17(22)5-7-20(18)24-9-11-29-12-10-24/h4-7,13-14H,2-3,8-12H2,1H3,(H,23,26). The SMILES string of the molecule is CS(=O)(=O)N1CCCc2cc(C(=O)Nc3cc(Cl)ccc3N3CCOCC3)ccc21. The van der Waals surface area contributed by atoms with Crippen molar-refractivity contribution in [2.24, 2.45) is 0 Å². The van der Waals surface area contributed by atoms with E-state index in [1.54, 1.807) is 30.3 Å². The molecule has 4 rings (SSSR count). The number of fused-ring (bicyclic) bond motifs is 1. The summed E-state index contributed by atoms with van der Waals surface area (Å²) in [6, 6.07) is 10.6. The van der Waals surface area contributed by atoms with Gasteiger partial charge in [-0.25, -0.2) is 8.42 Å². The average molecular weight is 450 g/mol. The van der Waals surface area contributed by atoms with E-state index in [2.05, 4.69) is 10.2 Å². The number of aryl methyl sites for hydroxylation is 1. The molecular formula is C21H24ClN3O4S. The van der Waals surface area contributed by atoms with Crippen molar-refractivity contribution in [1.82, 2.24) is 0 Å². The van der Waals surface area contributed by atoms with Crippen molar-refractivity contribution in [3.05, 3.63) is 52.5 Å². The number of sulfonamides is 1. The second kappa shape index (κ2) is 8.45. The Hall–Kier alpha value is -2.29. The van der Waals surface area contributed by atoms with Crippen LogP contribution in [0.2, 0.25) is 5.02 Å². The van der Waals surface area contributed by atoms with Gasteiger partial charge in [0.05, 0.1) is 36.5 Å². The fourth-order valence-corrected chi connectivity index (χ4v) is 5.10. The Morgan fingerprint density at radius 3 is 2.53 bits per heavy atom. The van der Waals surface area contributed by atoms with Crippen LogP contribution in [0.5, 0.6) is 0 Å². The highest BCUT2D eigenvalue weighted by molar-refractivity contribution is 7.92. The van der Waals surface area contributed by atoms with Gasteiger partial charge in [0.15, 0.2) is 0 Å². The summed E-state index contributed by atoms with van der Waals surface area (Å²) in [6.07, 6.45) is 2.66. The summed E-state index contributed by atoms with van der Waals surface area (Å²) in [7, 11) is -3.34. The van der Waals surface area contributed by atoms with Crippen LogP contribution in [0.3, 0.4) is 0 Å². The van der Waals surface area contributed by atoms with Crippen LogP contribution in [0, 0.1) is 0 Å². The molecule has 1 saturated heterocycles. The van der Waals surface area contributed by atoms with E-state index in [0.29, 0.717) is 41.7 Å². The number of morpholine rings is 1. The van der Waals surface area contributed by atoms with Gasteiger partial charge in [0, 0.05) is 30.2 Å². The molecule has 0 bridgehead atoms. The first kappa shape index (κ1) is 21.0. The molecule has 0 aromatic heterocycles. The number of nitrogens with one attached hydrogen (secondary N) is 1. The molecule has 2 heterocycles. The highest BCUT2D eigenvalue weighted by Crippen LogP contribution is 2.32. The van der Waals surface area contributed by atoms with E-state index in [1.165, 1.54) is 10.6 Å². The number of hydrogen-bond donors (Lipinski definition) is 1. The van der Waals surface area contributed by atoms with Crippen LogP contribution in [0.4, 0.5) is 17.1 Å². The molecule has 0 atom stereocenters. The fourth-order valence-electron chi connectivity index (χ4n) is 3.93. The molecule has 9 heteroatoms. The van der Waals surface area contributed by atoms with E-state index in [9.17, 15) is 13.2 Å². The molecule has 30 heavy (non-hydrogen) atoms. The number of hydrogen-bond acceptors (Lipinski definition) is 5.